The number of nitrogen functional groups attached to an aromatic ring is 1. The minimum atomic E-state index is -3.61. The molecule has 1 saturated heterocycles. The van der Waals surface area contributed by atoms with Crippen LogP contribution in [0.4, 0.5) is 5.82 Å². The minimum Gasteiger partial charge on any atom is -0.381 e. The molecule has 0 saturated carbocycles. The average Bonchev–Trinajstić information content (AvgIpc) is 2.69. The van der Waals surface area contributed by atoms with Gasteiger partial charge in [-0.05, 0) is 32.9 Å². The highest BCUT2D eigenvalue weighted by Crippen LogP contribution is 2.16. The van der Waals surface area contributed by atoms with Crippen LogP contribution < -0.4 is 10.5 Å². The third-order valence-corrected chi connectivity index (χ3v) is 5.05. The molecular weight excluding hydrogens is 278 g/mol. The van der Waals surface area contributed by atoms with Crippen LogP contribution in [0.1, 0.15) is 26.2 Å². The van der Waals surface area contributed by atoms with Crippen LogP contribution in [0.25, 0.3) is 0 Å². The Morgan fingerprint density at radius 2 is 2.05 bits per heavy atom. The Kier molecular flexibility index (Phi) is 4.66. The number of likely N-dealkylation sites (tertiary alicyclic amines) is 1. The normalized spacial score (nSPS) is 19.1. The Morgan fingerprint density at radius 3 is 2.60 bits per heavy atom. The van der Waals surface area contributed by atoms with Gasteiger partial charge < -0.3 is 10.6 Å². The lowest BCUT2D eigenvalue weighted by atomic mass is 10.1. The Hall–Kier alpha value is -1.12. The molecule has 0 bridgehead atoms. The summed E-state index contributed by atoms with van der Waals surface area (Å²) >= 11 is 0. The predicted molar refractivity (Wildman–Crippen MR) is 77.7 cm³/mol. The summed E-state index contributed by atoms with van der Waals surface area (Å²) in [5.74, 6) is 0.0326. The van der Waals surface area contributed by atoms with E-state index in [4.69, 9.17) is 5.73 Å². The number of aromatic nitrogens is 2. The summed E-state index contributed by atoms with van der Waals surface area (Å²) in [5, 5.41) is 3.87. The highest BCUT2D eigenvalue weighted by Gasteiger charge is 2.24. The molecule has 1 fully saturated rings. The molecule has 8 heteroatoms. The molecule has 1 aliphatic heterocycles. The minimum absolute atomic E-state index is 0.0326. The van der Waals surface area contributed by atoms with Crippen LogP contribution >= 0.6 is 0 Å². The number of nitrogens with two attached hydrogens (primary N) is 1. The molecule has 3 N–H and O–H groups in total. The Morgan fingerprint density at radius 1 is 1.40 bits per heavy atom. The van der Waals surface area contributed by atoms with E-state index >= 15 is 0 Å². The molecule has 1 atom stereocenters. The Balaban J connectivity index is 1.98. The van der Waals surface area contributed by atoms with Gasteiger partial charge in [0.15, 0.2) is 5.82 Å². The second kappa shape index (κ2) is 6.11. The maximum atomic E-state index is 12.3. The van der Waals surface area contributed by atoms with E-state index in [1.54, 1.807) is 7.05 Å². The first kappa shape index (κ1) is 15.3. The predicted octanol–water partition coefficient (Wildman–Crippen LogP) is 0.155. The van der Waals surface area contributed by atoms with Crippen LogP contribution in [0, 0.1) is 0 Å². The highest BCUT2D eigenvalue weighted by atomic mass is 32.2. The number of hydrogen-bond donors (Lipinski definition) is 2. The molecule has 0 spiro atoms. The molecule has 1 aromatic rings. The van der Waals surface area contributed by atoms with Gasteiger partial charge in [0.05, 0.1) is 0 Å². The first-order valence-corrected chi connectivity index (χ1v) is 8.40. The van der Waals surface area contributed by atoms with E-state index in [1.807, 2.05) is 6.92 Å². The topological polar surface area (TPSA) is 93.2 Å². The molecule has 0 aliphatic carbocycles. The fourth-order valence-corrected chi connectivity index (χ4v) is 3.92. The molecule has 114 valence electrons. The van der Waals surface area contributed by atoms with E-state index in [1.165, 1.54) is 30.1 Å². The summed E-state index contributed by atoms with van der Waals surface area (Å²) in [6.45, 7) is 4.68. The number of piperidine rings is 1. The summed E-state index contributed by atoms with van der Waals surface area (Å²) in [6.07, 6.45) is 5.07. The smallest absolute Gasteiger partial charge is 0.246 e. The van der Waals surface area contributed by atoms with Crippen LogP contribution in [-0.2, 0) is 17.1 Å². The fourth-order valence-electron chi connectivity index (χ4n) is 2.59. The van der Waals surface area contributed by atoms with Crippen molar-refractivity contribution in [2.45, 2.75) is 37.1 Å². The SMILES string of the molecule is CC(CN1CCCCC1)NS(=O)(=O)c1cn(C)nc1N. The van der Waals surface area contributed by atoms with Gasteiger partial charge in [-0.3, -0.25) is 4.68 Å². The van der Waals surface area contributed by atoms with Crippen molar-refractivity contribution in [2.24, 2.45) is 7.05 Å². The third-order valence-electron chi connectivity index (χ3n) is 3.45. The number of rotatable bonds is 5. The fraction of sp³-hybridized carbons (Fsp3) is 0.750. The standard InChI is InChI=1S/C12H23N5O2S/c1-10(8-17-6-4-3-5-7-17)15-20(18,19)11-9-16(2)14-12(11)13/h9-10,15H,3-8H2,1-2H3,(H2,13,14). The molecule has 0 aromatic carbocycles. The van der Waals surface area contributed by atoms with Crippen molar-refractivity contribution < 1.29 is 8.42 Å². The molecule has 20 heavy (non-hydrogen) atoms. The molecule has 2 rings (SSSR count). The van der Waals surface area contributed by atoms with Crippen molar-refractivity contribution in [3.05, 3.63) is 6.20 Å². The largest absolute Gasteiger partial charge is 0.381 e. The van der Waals surface area contributed by atoms with Gasteiger partial charge in [0.2, 0.25) is 10.0 Å². The maximum absolute atomic E-state index is 12.3. The summed E-state index contributed by atoms with van der Waals surface area (Å²) in [7, 11) is -1.96. The number of hydrogen-bond acceptors (Lipinski definition) is 5. The zero-order chi connectivity index (χ0) is 14.8. The summed E-state index contributed by atoms with van der Waals surface area (Å²) < 4.78 is 28.6. The van der Waals surface area contributed by atoms with Crippen molar-refractivity contribution in [1.82, 2.24) is 19.4 Å². The summed E-state index contributed by atoms with van der Waals surface area (Å²) in [5.41, 5.74) is 5.63. The van der Waals surface area contributed by atoms with Crippen LogP contribution in [0.15, 0.2) is 11.1 Å². The molecule has 2 heterocycles. The third kappa shape index (κ3) is 3.71. The lowest BCUT2D eigenvalue weighted by Crippen LogP contribution is -2.43. The molecule has 0 amide bonds. The van der Waals surface area contributed by atoms with E-state index in [-0.39, 0.29) is 16.8 Å². The van der Waals surface area contributed by atoms with Crippen LogP contribution in [0.3, 0.4) is 0 Å². The molecular formula is C12H23N5O2S. The Bertz CT molecular complexity index is 548. The van der Waals surface area contributed by atoms with Gasteiger partial charge in [-0.2, -0.15) is 5.10 Å². The van der Waals surface area contributed by atoms with E-state index in [0.717, 1.165) is 19.6 Å². The van der Waals surface area contributed by atoms with Gasteiger partial charge in [0.25, 0.3) is 0 Å². The van der Waals surface area contributed by atoms with E-state index in [2.05, 4.69) is 14.7 Å². The molecule has 7 nitrogen and oxygen atoms in total. The number of sulfonamides is 1. The molecule has 1 aromatic heterocycles. The molecule has 1 aliphatic rings. The van der Waals surface area contributed by atoms with Gasteiger partial charge in [-0.1, -0.05) is 6.42 Å². The van der Waals surface area contributed by atoms with Crippen molar-refractivity contribution in [3.8, 4) is 0 Å². The van der Waals surface area contributed by atoms with Gasteiger partial charge >= 0.3 is 0 Å². The lowest BCUT2D eigenvalue weighted by molar-refractivity contribution is 0.215. The maximum Gasteiger partial charge on any atom is 0.246 e. The monoisotopic (exact) mass is 301 g/mol. The van der Waals surface area contributed by atoms with Gasteiger partial charge in [-0.25, -0.2) is 13.1 Å². The number of nitrogens with one attached hydrogen (secondary N) is 1. The van der Waals surface area contributed by atoms with Crippen molar-refractivity contribution in [2.75, 3.05) is 25.4 Å². The second-order valence-electron chi connectivity index (χ2n) is 5.44. The first-order valence-electron chi connectivity index (χ1n) is 6.92. The van der Waals surface area contributed by atoms with E-state index in [0.29, 0.717) is 0 Å². The molecule has 1 unspecified atom stereocenters. The number of anilines is 1. The van der Waals surface area contributed by atoms with Crippen molar-refractivity contribution >= 4 is 15.8 Å². The lowest BCUT2D eigenvalue weighted by Gasteiger charge is -2.29. The molecule has 0 radical (unpaired) electrons. The van der Waals surface area contributed by atoms with Gasteiger partial charge in [0, 0.05) is 25.8 Å². The van der Waals surface area contributed by atoms with Crippen LogP contribution in [-0.4, -0.2) is 48.8 Å². The number of aryl methyl sites for hydroxylation is 1. The zero-order valence-corrected chi connectivity index (χ0v) is 12.9. The van der Waals surface area contributed by atoms with E-state index in [9.17, 15) is 8.42 Å². The summed E-state index contributed by atoms with van der Waals surface area (Å²) in [6, 6.07) is -0.155. The average molecular weight is 301 g/mol. The zero-order valence-electron chi connectivity index (χ0n) is 12.0. The van der Waals surface area contributed by atoms with E-state index < -0.39 is 10.0 Å². The number of nitrogens with zero attached hydrogens (tertiary/aromatic N) is 3. The Labute approximate surface area is 120 Å². The quantitative estimate of drug-likeness (QED) is 0.808. The van der Waals surface area contributed by atoms with Crippen LogP contribution in [0.2, 0.25) is 0 Å². The first-order chi connectivity index (χ1) is 9.38. The van der Waals surface area contributed by atoms with Crippen molar-refractivity contribution in [1.29, 1.82) is 0 Å². The van der Waals surface area contributed by atoms with Gasteiger partial charge in [0.1, 0.15) is 4.90 Å². The summed E-state index contributed by atoms with van der Waals surface area (Å²) in [4.78, 5) is 2.34. The second-order valence-corrected chi connectivity index (χ2v) is 7.12. The van der Waals surface area contributed by atoms with Gasteiger partial charge in [-0.15, -0.1) is 0 Å². The van der Waals surface area contributed by atoms with Crippen LogP contribution in [0.5, 0.6) is 0 Å². The van der Waals surface area contributed by atoms with Crippen molar-refractivity contribution in [3.63, 3.8) is 0 Å². The highest BCUT2D eigenvalue weighted by molar-refractivity contribution is 7.89.